The topological polar surface area (TPSA) is 32.3 Å². The molecule has 2 unspecified atom stereocenters. The van der Waals surface area contributed by atoms with Gasteiger partial charge in [0, 0.05) is 18.6 Å². The van der Waals surface area contributed by atoms with Crippen LogP contribution in [0.3, 0.4) is 0 Å². The average molecular weight is 193 g/mol. The number of aliphatic hydroxyl groups excluding tert-OH is 1. The maximum atomic E-state index is 9.25. The molecule has 1 rings (SSSR count). The lowest BCUT2D eigenvalue weighted by molar-refractivity contribution is 0.189. The fourth-order valence-electron chi connectivity index (χ4n) is 1.81. The molecular formula is C12H19NO. The third-order valence-corrected chi connectivity index (χ3v) is 2.70. The monoisotopic (exact) mass is 193 g/mol. The normalized spacial score (nSPS) is 15.1. The highest BCUT2D eigenvalue weighted by Crippen LogP contribution is 2.23. The van der Waals surface area contributed by atoms with Gasteiger partial charge in [-0.1, -0.05) is 37.3 Å². The van der Waals surface area contributed by atoms with Crippen LogP contribution in [0.2, 0.25) is 0 Å². The molecule has 0 heterocycles. The van der Waals surface area contributed by atoms with Crippen molar-refractivity contribution in [1.29, 1.82) is 0 Å². The molecule has 1 aromatic rings. The Labute approximate surface area is 86.0 Å². The van der Waals surface area contributed by atoms with E-state index in [0.29, 0.717) is 5.92 Å². The lowest BCUT2D eigenvalue weighted by atomic mass is 9.92. The van der Waals surface area contributed by atoms with E-state index in [1.165, 1.54) is 5.56 Å². The van der Waals surface area contributed by atoms with Crippen molar-refractivity contribution in [3.8, 4) is 0 Å². The number of aliphatic hydroxyl groups is 1. The molecule has 0 aliphatic heterocycles. The van der Waals surface area contributed by atoms with Crippen molar-refractivity contribution < 1.29 is 5.11 Å². The van der Waals surface area contributed by atoms with Crippen LogP contribution in [0.5, 0.6) is 0 Å². The van der Waals surface area contributed by atoms with E-state index in [9.17, 15) is 5.11 Å². The van der Waals surface area contributed by atoms with Crippen LogP contribution in [0.15, 0.2) is 30.3 Å². The predicted molar refractivity (Wildman–Crippen MR) is 59.1 cm³/mol. The van der Waals surface area contributed by atoms with E-state index in [1.54, 1.807) is 0 Å². The second-order valence-corrected chi connectivity index (χ2v) is 3.53. The molecule has 1 aromatic carbocycles. The Kier molecular flexibility index (Phi) is 4.63. The second-order valence-electron chi connectivity index (χ2n) is 3.53. The highest BCUT2D eigenvalue weighted by Gasteiger charge is 2.18. The molecule has 0 aliphatic carbocycles. The summed E-state index contributed by atoms with van der Waals surface area (Å²) < 4.78 is 0. The molecule has 78 valence electrons. The summed E-state index contributed by atoms with van der Waals surface area (Å²) in [5.41, 5.74) is 1.25. The summed E-state index contributed by atoms with van der Waals surface area (Å²) in [7, 11) is 1.94. The van der Waals surface area contributed by atoms with Gasteiger partial charge in [-0.25, -0.2) is 0 Å². The largest absolute Gasteiger partial charge is 0.396 e. The molecule has 0 amide bonds. The van der Waals surface area contributed by atoms with Crippen LogP contribution in [0, 0.1) is 5.92 Å². The van der Waals surface area contributed by atoms with Crippen molar-refractivity contribution in [3.05, 3.63) is 35.9 Å². The first kappa shape index (κ1) is 11.2. The van der Waals surface area contributed by atoms with Crippen molar-refractivity contribution in [2.45, 2.75) is 19.4 Å². The zero-order valence-electron chi connectivity index (χ0n) is 8.90. The van der Waals surface area contributed by atoms with Gasteiger partial charge in [-0.15, -0.1) is 0 Å². The molecule has 0 saturated heterocycles. The number of rotatable bonds is 5. The highest BCUT2D eigenvalue weighted by molar-refractivity contribution is 5.19. The molecule has 2 nitrogen and oxygen atoms in total. The Hall–Kier alpha value is -0.860. The molecule has 0 fully saturated rings. The van der Waals surface area contributed by atoms with Crippen molar-refractivity contribution in [2.24, 2.45) is 5.92 Å². The maximum absolute atomic E-state index is 9.25. The van der Waals surface area contributed by atoms with Gasteiger partial charge < -0.3 is 10.4 Å². The maximum Gasteiger partial charge on any atom is 0.0477 e. The zero-order chi connectivity index (χ0) is 10.4. The van der Waals surface area contributed by atoms with Gasteiger partial charge >= 0.3 is 0 Å². The van der Waals surface area contributed by atoms with Crippen molar-refractivity contribution in [1.82, 2.24) is 5.32 Å². The first-order valence-electron chi connectivity index (χ1n) is 5.16. The molecule has 0 radical (unpaired) electrons. The minimum atomic E-state index is 0.233. The third kappa shape index (κ3) is 2.56. The fourth-order valence-corrected chi connectivity index (χ4v) is 1.81. The summed E-state index contributed by atoms with van der Waals surface area (Å²) in [6.45, 7) is 2.34. The molecule has 2 N–H and O–H groups in total. The summed E-state index contributed by atoms with van der Waals surface area (Å²) in [5, 5.41) is 12.5. The Morgan fingerprint density at radius 1 is 1.29 bits per heavy atom. The Bertz CT molecular complexity index is 244. The summed E-state index contributed by atoms with van der Waals surface area (Å²) >= 11 is 0. The average Bonchev–Trinajstić information content (AvgIpc) is 2.27. The Balaban J connectivity index is 2.81. The smallest absolute Gasteiger partial charge is 0.0477 e. The van der Waals surface area contributed by atoms with E-state index in [-0.39, 0.29) is 12.6 Å². The van der Waals surface area contributed by atoms with Gasteiger partial charge in [-0.2, -0.15) is 0 Å². The van der Waals surface area contributed by atoms with Crippen molar-refractivity contribution in [2.75, 3.05) is 13.7 Å². The second kappa shape index (κ2) is 5.78. The van der Waals surface area contributed by atoms with Gasteiger partial charge in [-0.05, 0) is 19.0 Å². The van der Waals surface area contributed by atoms with Crippen LogP contribution in [0.25, 0.3) is 0 Å². The van der Waals surface area contributed by atoms with Gasteiger partial charge in [0.25, 0.3) is 0 Å². The number of benzene rings is 1. The first-order valence-corrected chi connectivity index (χ1v) is 5.16. The van der Waals surface area contributed by atoms with E-state index in [1.807, 2.05) is 25.2 Å². The fraction of sp³-hybridized carbons (Fsp3) is 0.500. The van der Waals surface area contributed by atoms with Crippen LogP contribution < -0.4 is 5.32 Å². The summed E-state index contributed by atoms with van der Waals surface area (Å²) in [6, 6.07) is 10.5. The number of hydrogen-bond donors (Lipinski definition) is 2. The molecule has 0 bridgehead atoms. The van der Waals surface area contributed by atoms with Crippen LogP contribution in [-0.4, -0.2) is 18.8 Å². The van der Waals surface area contributed by atoms with Gasteiger partial charge in [0.15, 0.2) is 0 Å². The number of hydrogen-bond acceptors (Lipinski definition) is 2. The summed E-state index contributed by atoms with van der Waals surface area (Å²) in [5.74, 6) is 0.294. The lowest BCUT2D eigenvalue weighted by Gasteiger charge is -2.24. The molecule has 0 saturated carbocycles. The van der Waals surface area contributed by atoms with E-state index in [2.05, 4.69) is 24.4 Å². The van der Waals surface area contributed by atoms with E-state index >= 15 is 0 Å². The van der Waals surface area contributed by atoms with E-state index in [0.717, 1.165) is 6.42 Å². The lowest BCUT2D eigenvalue weighted by Crippen LogP contribution is -2.27. The molecular weight excluding hydrogens is 174 g/mol. The predicted octanol–water partition coefficient (Wildman–Crippen LogP) is 1.97. The Morgan fingerprint density at radius 3 is 2.36 bits per heavy atom. The van der Waals surface area contributed by atoms with Crippen LogP contribution >= 0.6 is 0 Å². The van der Waals surface area contributed by atoms with Gasteiger partial charge in [0.2, 0.25) is 0 Å². The summed E-state index contributed by atoms with van der Waals surface area (Å²) in [4.78, 5) is 0. The van der Waals surface area contributed by atoms with Crippen LogP contribution in [-0.2, 0) is 0 Å². The van der Waals surface area contributed by atoms with Gasteiger partial charge in [0.1, 0.15) is 0 Å². The van der Waals surface area contributed by atoms with Crippen molar-refractivity contribution >= 4 is 0 Å². The number of nitrogens with one attached hydrogen (secondary N) is 1. The summed E-state index contributed by atoms with van der Waals surface area (Å²) in [6.07, 6.45) is 0.983. The van der Waals surface area contributed by atoms with Gasteiger partial charge in [0.05, 0.1) is 0 Å². The zero-order valence-corrected chi connectivity index (χ0v) is 8.90. The first-order chi connectivity index (χ1) is 6.83. The quantitative estimate of drug-likeness (QED) is 0.749. The molecule has 0 aromatic heterocycles. The van der Waals surface area contributed by atoms with Crippen LogP contribution in [0.4, 0.5) is 0 Å². The molecule has 2 heteroatoms. The van der Waals surface area contributed by atoms with E-state index in [4.69, 9.17) is 0 Å². The minimum absolute atomic E-state index is 0.233. The molecule has 14 heavy (non-hydrogen) atoms. The highest BCUT2D eigenvalue weighted by atomic mass is 16.3. The third-order valence-electron chi connectivity index (χ3n) is 2.70. The standard InChI is InChI=1S/C12H19NO/c1-3-10(9-14)12(13-2)11-7-5-4-6-8-11/h4-8,10,12-14H,3,9H2,1-2H3. The SMILES string of the molecule is CCC(CO)C(NC)c1ccccc1. The Morgan fingerprint density at radius 2 is 1.93 bits per heavy atom. The molecule has 0 spiro atoms. The molecule has 0 aliphatic rings. The van der Waals surface area contributed by atoms with Crippen LogP contribution in [0.1, 0.15) is 24.9 Å². The minimum Gasteiger partial charge on any atom is -0.396 e. The van der Waals surface area contributed by atoms with E-state index < -0.39 is 0 Å². The van der Waals surface area contributed by atoms with Gasteiger partial charge in [-0.3, -0.25) is 0 Å². The molecule has 2 atom stereocenters. The van der Waals surface area contributed by atoms with Crippen molar-refractivity contribution in [3.63, 3.8) is 0 Å².